The zero-order valence-corrected chi connectivity index (χ0v) is 14.7. The van der Waals surface area contributed by atoms with Crippen molar-refractivity contribution in [2.45, 2.75) is 64.4 Å². The average Bonchev–Trinajstić information content (AvgIpc) is 2.32. The number of ether oxygens (including phenoxy) is 1. The maximum atomic E-state index is 10.8. The molecule has 0 aliphatic heterocycles. The fourth-order valence-electron chi connectivity index (χ4n) is 2.10. The van der Waals surface area contributed by atoms with Gasteiger partial charge in [0.05, 0.1) is 6.10 Å². The first-order valence-electron chi connectivity index (χ1n) is 7.66. The number of hydrogen-bond acceptors (Lipinski definition) is 5. The molecule has 0 aliphatic carbocycles. The third-order valence-electron chi connectivity index (χ3n) is 3.14. The van der Waals surface area contributed by atoms with E-state index in [1.54, 1.807) is 0 Å². The Labute approximate surface area is 162 Å². The predicted octanol–water partition coefficient (Wildman–Crippen LogP) is 1.64. The molecule has 0 aromatic rings. The van der Waals surface area contributed by atoms with Gasteiger partial charge in [-0.2, -0.15) is 16.8 Å². The molecule has 0 bridgehead atoms. The molecule has 0 atom stereocenters. The van der Waals surface area contributed by atoms with Crippen LogP contribution in [0.5, 0.6) is 0 Å². The molecular weight excluding hydrogens is 355 g/mol. The normalized spacial score (nSPS) is 12.3. The number of unbranched alkanes of at least 4 members (excludes halogenated alkanes) is 7. The topological polar surface area (TPSA) is 118 Å². The molecule has 7 nitrogen and oxygen atoms in total. The van der Waals surface area contributed by atoms with Gasteiger partial charge in [0.2, 0.25) is 0 Å². The van der Waals surface area contributed by atoms with Crippen molar-refractivity contribution < 1.29 is 30.7 Å². The van der Waals surface area contributed by atoms with Crippen molar-refractivity contribution in [2.24, 2.45) is 0 Å². The van der Waals surface area contributed by atoms with Crippen LogP contribution in [-0.2, 0) is 25.0 Å². The van der Waals surface area contributed by atoms with E-state index in [0.717, 1.165) is 19.3 Å². The van der Waals surface area contributed by atoms with E-state index in [1.807, 2.05) is 0 Å². The van der Waals surface area contributed by atoms with Gasteiger partial charge in [0.25, 0.3) is 20.2 Å². The van der Waals surface area contributed by atoms with Crippen LogP contribution in [0.4, 0.5) is 0 Å². The molecule has 0 spiro atoms. The van der Waals surface area contributed by atoms with Gasteiger partial charge in [-0.05, 0) is 6.42 Å². The van der Waals surface area contributed by atoms with Gasteiger partial charge in [-0.1, -0.05) is 51.9 Å². The van der Waals surface area contributed by atoms with Crippen molar-refractivity contribution in [3.63, 3.8) is 0 Å². The second-order valence-corrected chi connectivity index (χ2v) is 8.46. The Hall–Kier alpha value is 0.780. The van der Waals surface area contributed by atoms with E-state index in [1.165, 1.54) is 25.7 Å². The molecule has 0 saturated heterocycles. The molecule has 0 fully saturated rings. The Morgan fingerprint density at radius 1 is 0.783 bits per heavy atom. The zero-order valence-electron chi connectivity index (χ0n) is 13.1. The van der Waals surface area contributed by atoms with Crippen LogP contribution >= 0.6 is 0 Å². The fraction of sp³-hybridized carbons (Fsp3) is 1.00. The zero-order chi connectivity index (χ0) is 17.1. The van der Waals surface area contributed by atoms with Crippen LogP contribution in [0.15, 0.2) is 0 Å². The van der Waals surface area contributed by atoms with E-state index in [4.69, 9.17) is 13.8 Å². The van der Waals surface area contributed by atoms with Crippen LogP contribution in [0.2, 0.25) is 0 Å². The van der Waals surface area contributed by atoms with Crippen molar-refractivity contribution in [3.8, 4) is 0 Å². The van der Waals surface area contributed by atoms with Gasteiger partial charge in [0, 0.05) is 6.61 Å². The van der Waals surface area contributed by atoms with Crippen LogP contribution in [-0.4, -0.2) is 79.7 Å². The van der Waals surface area contributed by atoms with Crippen molar-refractivity contribution in [1.82, 2.24) is 0 Å². The Balaban J connectivity index is 0. The van der Waals surface area contributed by atoms with E-state index < -0.39 is 37.8 Å². The molecule has 0 unspecified atom stereocenters. The molecule has 0 aromatic heterocycles. The minimum atomic E-state index is -4.36. The van der Waals surface area contributed by atoms with Gasteiger partial charge in [-0.25, -0.2) is 0 Å². The molecule has 10 heteroatoms. The summed E-state index contributed by atoms with van der Waals surface area (Å²) in [6.07, 6.45) is 7.41. The third-order valence-corrected chi connectivity index (χ3v) is 4.73. The van der Waals surface area contributed by atoms with Gasteiger partial charge in [-0.15, -0.1) is 0 Å². The minimum absolute atomic E-state index is 0. The summed E-state index contributed by atoms with van der Waals surface area (Å²) in [5, 5.41) is 0. The molecule has 0 saturated carbocycles. The molecule has 0 amide bonds. The average molecular weight is 384 g/mol. The Morgan fingerprint density at radius 2 is 1.17 bits per heavy atom. The van der Waals surface area contributed by atoms with E-state index >= 15 is 0 Å². The molecular formula is C13H29NaO7S2. The summed E-state index contributed by atoms with van der Waals surface area (Å²) in [6.45, 7) is 2.36. The summed E-state index contributed by atoms with van der Waals surface area (Å²) in [6, 6.07) is 0. The molecule has 23 heavy (non-hydrogen) atoms. The first-order chi connectivity index (χ1) is 10.1. The van der Waals surface area contributed by atoms with Crippen molar-refractivity contribution >= 4 is 49.8 Å². The van der Waals surface area contributed by atoms with E-state index in [0.29, 0.717) is 6.42 Å². The second kappa shape index (κ2) is 14.0. The third kappa shape index (κ3) is 20.7. The summed E-state index contributed by atoms with van der Waals surface area (Å²) < 4.78 is 65.8. The summed E-state index contributed by atoms with van der Waals surface area (Å²) >= 11 is 0. The SMILES string of the molecule is CCCCCCCCCCOC(CS(=O)(=O)O)CS(=O)(=O)O.[NaH]. The van der Waals surface area contributed by atoms with E-state index in [9.17, 15) is 16.8 Å². The quantitative estimate of drug-likeness (QED) is 0.265. The van der Waals surface area contributed by atoms with Gasteiger partial charge in [-0.3, -0.25) is 9.11 Å². The van der Waals surface area contributed by atoms with Crippen LogP contribution in [0, 0.1) is 0 Å². The van der Waals surface area contributed by atoms with Crippen LogP contribution < -0.4 is 0 Å². The van der Waals surface area contributed by atoms with Gasteiger partial charge in [0.1, 0.15) is 11.5 Å². The number of rotatable bonds is 14. The molecule has 0 aliphatic rings. The summed E-state index contributed by atoms with van der Waals surface area (Å²) in [4.78, 5) is 0. The maximum absolute atomic E-state index is 10.8. The van der Waals surface area contributed by atoms with Crippen molar-refractivity contribution in [2.75, 3.05) is 18.1 Å². The Bertz CT molecular complexity index is 443. The second-order valence-electron chi connectivity index (χ2n) is 5.46. The van der Waals surface area contributed by atoms with E-state index in [-0.39, 0.29) is 36.2 Å². The van der Waals surface area contributed by atoms with Crippen LogP contribution in [0.3, 0.4) is 0 Å². The molecule has 0 aromatic carbocycles. The van der Waals surface area contributed by atoms with Crippen molar-refractivity contribution in [1.29, 1.82) is 0 Å². The Kier molecular flexibility index (Phi) is 15.8. The summed E-state index contributed by atoms with van der Waals surface area (Å²) in [5.41, 5.74) is 0. The van der Waals surface area contributed by atoms with Gasteiger partial charge < -0.3 is 4.74 Å². The molecule has 0 heterocycles. The first kappa shape index (κ1) is 26.0. The molecule has 0 radical (unpaired) electrons. The molecule has 0 rings (SSSR count). The van der Waals surface area contributed by atoms with Crippen molar-refractivity contribution in [3.05, 3.63) is 0 Å². The summed E-state index contributed by atoms with van der Waals surface area (Å²) in [5.74, 6) is -1.69. The molecule has 136 valence electrons. The summed E-state index contributed by atoms with van der Waals surface area (Å²) in [7, 11) is -8.71. The van der Waals surface area contributed by atoms with Gasteiger partial charge >= 0.3 is 29.6 Å². The van der Waals surface area contributed by atoms with E-state index in [2.05, 4.69) is 6.92 Å². The monoisotopic (exact) mass is 384 g/mol. The van der Waals surface area contributed by atoms with Gasteiger partial charge in [0.15, 0.2) is 0 Å². The van der Waals surface area contributed by atoms with Crippen LogP contribution in [0.25, 0.3) is 0 Å². The predicted molar refractivity (Wildman–Crippen MR) is 92.3 cm³/mol. The van der Waals surface area contributed by atoms with Crippen LogP contribution in [0.1, 0.15) is 58.3 Å². The number of hydrogen-bond donors (Lipinski definition) is 2. The Morgan fingerprint density at radius 3 is 1.57 bits per heavy atom. The first-order valence-corrected chi connectivity index (χ1v) is 10.9. The molecule has 2 N–H and O–H groups in total. The standard InChI is InChI=1S/C13H28O7S2.Na.H/c1-2-3-4-5-6-7-8-9-10-20-13(11-21(14,15)16)12-22(17,18)19;;/h13H,2-12H2,1H3,(H,14,15,16)(H,17,18,19);;. The fourth-order valence-corrected chi connectivity index (χ4v) is 3.62.